The highest BCUT2D eigenvalue weighted by molar-refractivity contribution is 7.89. The molecule has 6 heteroatoms. The van der Waals surface area contributed by atoms with Crippen molar-refractivity contribution in [3.05, 3.63) is 29.8 Å². The van der Waals surface area contributed by atoms with Gasteiger partial charge in [-0.15, -0.1) is 0 Å². The van der Waals surface area contributed by atoms with Gasteiger partial charge < -0.3 is 4.90 Å². The lowest BCUT2D eigenvalue weighted by atomic mass is 10.2. The van der Waals surface area contributed by atoms with E-state index in [1.54, 1.807) is 19.1 Å². The van der Waals surface area contributed by atoms with Gasteiger partial charge in [0.15, 0.2) is 0 Å². The van der Waals surface area contributed by atoms with Crippen molar-refractivity contribution < 1.29 is 8.42 Å². The summed E-state index contributed by atoms with van der Waals surface area (Å²) < 4.78 is 26.7. The van der Waals surface area contributed by atoms with Gasteiger partial charge in [-0.25, -0.2) is 13.1 Å². The molecular weight excluding hydrogens is 250 g/mol. The Morgan fingerprint density at radius 3 is 2.67 bits per heavy atom. The molecule has 5 nitrogen and oxygen atoms in total. The molecule has 0 amide bonds. The Bertz CT molecular complexity index is 547. The summed E-state index contributed by atoms with van der Waals surface area (Å²) in [4.78, 5) is 2.02. The van der Waals surface area contributed by atoms with Crippen LogP contribution in [0.1, 0.15) is 12.5 Å². The highest BCUT2D eigenvalue weighted by atomic mass is 32.2. The molecule has 1 unspecified atom stereocenters. The summed E-state index contributed by atoms with van der Waals surface area (Å²) in [6, 6.07) is 7.70. The topological polar surface area (TPSA) is 73.2 Å². The van der Waals surface area contributed by atoms with Crippen LogP contribution in [0, 0.1) is 11.3 Å². The monoisotopic (exact) mass is 267 g/mol. The first-order valence-corrected chi connectivity index (χ1v) is 7.00. The lowest BCUT2D eigenvalue weighted by Crippen LogP contribution is -2.39. The number of benzene rings is 1. The van der Waals surface area contributed by atoms with E-state index in [9.17, 15) is 8.42 Å². The summed E-state index contributed by atoms with van der Waals surface area (Å²) >= 11 is 0. The Morgan fingerprint density at radius 2 is 2.11 bits per heavy atom. The number of hydrogen-bond acceptors (Lipinski definition) is 4. The second-order valence-corrected chi connectivity index (χ2v) is 6.14. The van der Waals surface area contributed by atoms with Crippen LogP contribution in [-0.4, -0.2) is 40.0 Å². The van der Waals surface area contributed by atoms with Crippen LogP contribution in [0.3, 0.4) is 0 Å². The lowest BCUT2D eigenvalue weighted by Gasteiger charge is -2.18. The molecule has 0 radical (unpaired) electrons. The third kappa shape index (κ3) is 4.11. The maximum atomic E-state index is 12.1. The first-order valence-electron chi connectivity index (χ1n) is 5.52. The molecule has 0 heterocycles. The van der Waals surface area contributed by atoms with Gasteiger partial charge in [0.1, 0.15) is 0 Å². The average Bonchev–Trinajstić information content (AvgIpc) is 2.27. The largest absolute Gasteiger partial charge is 0.308 e. The molecule has 0 saturated carbocycles. The number of hydrogen-bond donors (Lipinski definition) is 1. The zero-order chi connectivity index (χ0) is 13.8. The molecule has 1 rings (SSSR count). The quantitative estimate of drug-likeness (QED) is 0.856. The van der Waals surface area contributed by atoms with Gasteiger partial charge in [0.2, 0.25) is 10.0 Å². The van der Waals surface area contributed by atoms with Gasteiger partial charge in [-0.1, -0.05) is 6.07 Å². The van der Waals surface area contributed by atoms with Crippen LogP contribution in [-0.2, 0) is 10.0 Å². The van der Waals surface area contributed by atoms with E-state index in [4.69, 9.17) is 5.26 Å². The zero-order valence-electron chi connectivity index (χ0n) is 10.7. The summed E-state index contributed by atoms with van der Waals surface area (Å²) in [5.41, 5.74) is 0.332. The van der Waals surface area contributed by atoms with Gasteiger partial charge in [-0.05, 0) is 39.2 Å². The maximum absolute atomic E-state index is 12.1. The van der Waals surface area contributed by atoms with E-state index in [0.29, 0.717) is 12.1 Å². The second-order valence-electron chi connectivity index (χ2n) is 4.42. The van der Waals surface area contributed by atoms with E-state index < -0.39 is 10.0 Å². The minimum atomic E-state index is -3.57. The van der Waals surface area contributed by atoms with Crippen molar-refractivity contribution in [2.24, 2.45) is 0 Å². The van der Waals surface area contributed by atoms with Gasteiger partial charge in [-0.3, -0.25) is 0 Å². The molecule has 0 saturated heterocycles. The van der Waals surface area contributed by atoms with Crippen LogP contribution in [0.4, 0.5) is 0 Å². The Kier molecular flexibility index (Phi) is 4.84. The lowest BCUT2D eigenvalue weighted by molar-refractivity contribution is 0.370. The average molecular weight is 267 g/mol. The third-order valence-corrected chi connectivity index (χ3v) is 3.86. The molecule has 0 fully saturated rings. The molecule has 0 bridgehead atoms. The highest BCUT2D eigenvalue weighted by Crippen LogP contribution is 2.11. The van der Waals surface area contributed by atoms with Crippen molar-refractivity contribution in [3.8, 4) is 6.07 Å². The Balaban J connectivity index is 2.90. The fraction of sp³-hybridized carbons (Fsp3) is 0.417. The first kappa shape index (κ1) is 14.6. The molecule has 1 aromatic rings. The molecule has 1 aromatic carbocycles. The van der Waals surface area contributed by atoms with E-state index >= 15 is 0 Å². The minimum Gasteiger partial charge on any atom is -0.308 e. The fourth-order valence-corrected chi connectivity index (χ4v) is 2.93. The molecule has 1 N–H and O–H groups in total. The van der Waals surface area contributed by atoms with Crippen molar-refractivity contribution in [2.75, 3.05) is 20.6 Å². The van der Waals surface area contributed by atoms with Crippen LogP contribution >= 0.6 is 0 Å². The Labute approximate surface area is 108 Å². The van der Waals surface area contributed by atoms with Crippen molar-refractivity contribution in [2.45, 2.75) is 17.9 Å². The summed E-state index contributed by atoms with van der Waals surface area (Å²) in [6.45, 7) is 2.41. The molecule has 0 aliphatic carbocycles. The van der Waals surface area contributed by atoms with Crippen molar-refractivity contribution >= 4 is 10.0 Å². The van der Waals surface area contributed by atoms with E-state index in [2.05, 4.69) is 4.72 Å². The smallest absolute Gasteiger partial charge is 0.240 e. The van der Waals surface area contributed by atoms with Gasteiger partial charge >= 0.3 is 0 Å². The van der Waals surface area contributed by atoms with Gasteiger partial charge in [-0.2, -0.15) is 5.26 Å². The standard InChI is InChI=1S/C12H17N3O2S/c1-10(9-15(2)3)14-18(16,17)12-6-4-5-11(7-12)8-13/h4-7,10,14H,9H2,1-3H3. The van der Waals surface area contributed by atoms with E-state index in [1.807, 2.05) is 25.1 Å². The predicted molar refractivity (Wildman–Crippen MR) is 69.5 cm³/mol. The van der Waals surface area contributed by atoms with Gasteiger partial charge in [0.25, 0.3) is 0 Å². The molecule has 0 aliphatic heterocycles. The highest BCUT2D eigenvalue weighted by Gasteiger charge is 2.17. The van der Waals surface area contributed by atoms with Crippen LogP contribution in [0.15, 0.2) is 29.2 Å². The molecule has 0 aromatic heterocycles. The second kappa shape index (κ2) is 5.96. The number of nitrogens with zero attached hydrogens (tertiary/aromatic N) is 2. The SMILES string of the molecule is CC(CN(C)C)NS(=O)(=O)c1cccc(C#N)c1. The molecule has 0 spiro atoms. The van der Waals surface area contributed by atoms with Crippen molar-refractivity contribution in [1.82, 2.24) is 9.62 Å². The summed E-state index contributed by atoms with van der Waals surface area (Å²) in [5, 5.41) is 8.76. The van der Waals surface area contributed by atoms with Crippen LogP contribution in [0.2, 0.25) is 0 Å². The van der Waals surface area contributed by atoms with Gasteiger partial charge in [0.05, 0.1) is 16.5 Å². The Morgan fingerprint density at radius 1 is 1.44 bits per heavy atom. The number of likely N-dealkylation sites (N-methyl/N-ethyl adjacent to an activating group) is 1. The first-order chi connectivity index (χ1) is 8.35. The van der Waals surface area contributed by atoms with E-state index in [0.717, 1.165) is 0 Å². The summed E-state index contributed by atoms with van der Waals surface area (Å²) in [5.74, 6) is 0. The number of nitriles is 1. The van der Waals surface area contributed by atoms with E-state index in [-0.39, 0.29) is 10.9 Å². The van der Waals surface area contributed by atoms with E-state index in [1.165, 1.54) is 12.1 Å². The maximum Gasteiger partial charge on any atom is 0.240 e. The molecular formula is C12H17N3O2S. The summed E-state index contributed by atoms with van der Waals surface area (Å²) in [6.07, 6.45) is 0. The van der Waals surface area contributed by atoms with Gasteiger partial charge in [0, 0.05) is 12.6 Å². The number of rotatable bonds is 5. The zero-order valence-corrected chi connectivity index (χ0v) is 11.5. The number of sulfonamides is 1. The predicted octanol–water partition coefficient (Wildman–Crippen LogP) is 0.787. The minimum absolute atomic E-state index is 0.118. The normalized spacial score (nSPS) is 13.3. The third-order valence-electron chi connectivity index (χ3n) is 2.27. The van der Waals surface area contributed by atoms with Crippen molar-refractivity contribution in [1.29, 1.82) is 5.26 Å². The molecule has 98 valence electrons. The van der Waals surface area contributed by atoms with Crippen LogP contribution in [0.25, 0.3) is 0 Å². The molecule has 0 aliphatic rings. The summed E-state index contributed by atoms with van der Waals surface area (Å²) in [7, 11) is 0.187. The fourth-order valence-electron chi connectivity index (χ4n) is 1.65. The Hall–Kier alpha value is -1.42. The molecule has 18 heavy (non-hydrogen) atoms. The number of nitrogens with one attached hydrogen (secondary N) is 1. The molecule has 1 atom stereocenters. The van der Waals surface area contributed by atoms with Crippen LogP contribution in [0.5, 0.6) is 0 Å². The van der Waals surface area contributed by atoms with Crippen LogP contribution < -0.4 is 4.72 Å². The van der Waals surface area contributed by atoms with Crippen molar-refractivity contribution in [3.63, 3.8) is 0 Å².